The molecule has 0 saturated carbocycles. The van der Waals surface area contributed by atoms with E-state index in [9.17, 15) is 0 Å². The first kappa shape index (κ1) is 25.2. The van der Waals surface area contributed by atoms with Crippen LogP contribution in [-0.2, 0) is 8.85 Å². The van der Waals surface area contributed by atoms with Gasteiger partial charge in [-0.05, 0) is 48.4 Å². The summed E-state index contributed by atoms with van der Waals surface area (Å²) in [4.78, 5) is 0. The summed E-state index contributed by atoms with van der Waals surface area (Å²) < 4.78 is 24.2. The van der Waals surface area contributed by atoms with Crippen LogP contribution in [0.2, 0.25) is 36.3 Å². The Balaban J connectivity index is 2.49. The van der Waals surface area contributed by atoms with Crippen LogP contribution >= 0.6 is 0 Å². The summed E-state index contributed by atoms with van der Waals surface area (Å²) in [6, 6.07) is 7.80. The van der Waals surface area contributed by atoms with Crippen LogP contribution in [0.1, 0.15) is 41.5 Å². The molecule has 0 fully saturated rings. The fourth-order valence-electron chi connectivity index (χ4n) is 2.02. The van der Waals surface area contributed by atoms with E-state index in [-0.39, 0.29) is 10.1 Å². The van der Waals surface area contributed by atoms with Crippen molar-refractivity contribution in [3.8, 4) is 11.5 Å². The lowest BCUT2D eigenvalue weighted by atomic mass is 10.2. The molecule has 0 spiro atoms. The van der Waals surface area contributed by atoms with Gasteiger partial charge in [0.1, 0.15) is 13.2 Å². The van der Waals surface area contributed by atoms with Crippen LogP contribution in [0.3, 0.4) is 0 Å². The van der Waals surface area contributed by atoms with Gasteiger partial charge in [-0.25, -0.2) is 0 Å². The molecule has 6 heteroatoms. The van der Waals surface area contributed by atoms with Crippen molar-refractivity contribution in [2.45, 2.75) is 77.8 Å². The number of ether oxygens (including phenoxy) is 2. The van der Waals surface area contributed by atoms with Gasteiger partial charge in [-0.15, -0.1) is 0 Å². The van der Waals surface area contributed by atoms with Crippen LogP contribution in [0, 0.1) is 0 Å². The van der Waals surface area contributed by atoms with E-state index in [4.69, 9.17) is 18.3 Å². The Morgan fingerprint density at radius 2 is 0.929 bits per heavy atom. The molecule has 0 atom stereocenters. The highest BCUT2D eigenvalue weighted by Crippen LogP contribution is 2.37. The number of rotatable bonds is 10. The van der Waals surface area contributed by atoms with E-state index in [1.54, 1.807) is 0 Å². The highest BCUT2D eigenvalue weighted by Gasteiger charge is 2.37. The first-order valence-corrected chi connectivity index (χ1v) is 16.1. The van der Waals surface area contributed by atoms with Crippen molar-refractivity contribution in [1.82, 2.24) is 0 Å². The molecule has 0 heterocycles. The summed E-state index contributed by atoms with van der Waals surface area (Å²) in [5.74, 6) is 1.52. The maximum absolute atomic E-state index is 6.18. The average molecular weight is 427 g/mol. The van der Waals surface area contributed by atoms with Gasteiger partial charge in [0.2, 0.25) is 0 Å². The zero-order valence-corrected chi connectivity index (χ0v) is 21.8. The van der Waals surface area contributed by atoms with Gasteiger partial charge in [-0.3, -0.25) is 0 Å². The monoisotopic (exact) mass is 426 g/mol. The molecule has 0 radical (unpaired) electrons. The SMILES string of the molecule is CC(C)(C)[Si](C)(C)OCCOc1ccccc1OCCO[Si](C)(C)C(C)(C)C. The van der Waals surface area contributed by atoms with Gasteiger partial charge in [0, 0.05) is 0 Å². The molecule has 162 valence electrons. The minimum atomic E-state index is -1.74. The molecule has 0 aliphatic heterocycles. The van der Waals surface area contributed by atoms with Crippen LogP contribution < -0.4 is 9.47 Å². The molecule has 4 nitrogen and oxygen atoms in total. The van der Waals surface area contributed by atoms with E-state index >= 15 is 0 Å². The number of hydrogen-bond donors (Lipinski definition) is 0. The van der Waals surface area contributed by atoms with E-state index in [0.29, 0.717) is 26.4 Å². The molecule has 1 rings (SSSR count). The van der Waals surface area contributed by atoms with Crippen molar-refractivity contribution in [1.29, 1.82) is 0 Å². The second-order valence-corrected chi connectivity index (χ2v) is 20.0. The molecular weight excluding hydrogens is 384 g/mol. The molecule has 1 aromatic carbocycles. The van der Waals surface area contributed by atoms with Crippen LogP contribution in [-0.4, -0.2) is 43.1 Å². The lowest BCUT2D eigenvalue weighted by Crippen LogP contribution is -2.41. The minimum Gasteiger partial charge on any atom is -0.487 e. The standard InChI is InChI=1S/C22H42O4Si2/c1-21(2,3)27(7,8)25-17-15-23-19-13-11-12-14-20(19)24-16-18-26-28(9,10)22(4,5)6/h11-14H,15-18H2,1-10H3. The highest BCUT2D eigenvalue weighted by atomic mass is 28.4. The molecule has 1 aromatic rings. The molecule has 0 aliphatic rings. The minimum absolute atomic E-state index is 0.207. The molecule has 0 unspecified atom stereocenters. The molecule has 0 amide bonds. The molecule has 0 saturated heterocycles. The van der Waals surface area contributed by atoms with E-state index in [0.717, 1.165) is 11.5 Å². The lowest BCUT2D eigenvalue weighted by molar-refractivity contribution is 0.181. The third-order valence-corrected chi connectivity index (χ3v) is 15.1. The van der Waals surface area contributed by atoms with Gasteiger partial charge in [0.05, 0.1) is 13.2 Å². The van der Waals surface area contributed by atoms with Crippen LogP contribution in [0.5, 0.6) is 11.5 Å². The van der Waals surface area contributed by atoms with Crippen molar-refractivity contribution in [3.05, 3.63) is 24.3 Å². The van der Waals surface area contributed by atoms with Gasteiger partial charge < -0.3 is 18.3 Å². The Kier molecular flexibility index (Phi) is 8.81. The number of para-hydroxylation sites is 2. The maximum Gasteiger partial charge on any atom is 0.192 e. The highest BCUT2D eigenvalue weighted by molar-refractivity contribution is 6.74. The quantitative estimate of drug-likeness (QED) is 0.316. The summed E-state index contributed by atoms with van der Waals surface area (Å²) >= 11 is 0. The van der Waals surface area contributed by atoms with Crippen LogP contribution in [0.4, 0.5) is 0 Å². The summed E-state index contributed by atoms with van der Waals surface area (Å²) in [5, 5.41) is 0.413. The predicted molar refractivity (Wildman–Crippen MR) is 124 cm³/mol. The Labute approximate surface area is 175 Å². The van der Waals surface area contributed by atoms with E-state index in [1.165, 1.54) is 0 Å². The molecule has 0 aromatic heterocycles. The third kappa shape index (κ3) is 7.54. The molecule has 0 aliphatic carbocycles. The van der Waals surface area contributed by atoms with Gasteiger partial charge in [0.15, 0.2) is 28.1 Å². The Morgan fingerprint density at radius 1 is 0.607 bits per heavy atom. The Hall–Kier alpha value is -0.826. The normalized spacial score (nSPS) is 13.5. The fourth-order valence-corrected chi connectivity index (χ4v) is 4.07. The van der Waals surface area contributed by atoms with Crippen molar-refractivity contribution >= 4 is 16.6 Å². The predicted octanol–water partition coefficient (Wildman–Crippen LogP) is 6.49. The first-order valence-electron chi connectivity index (χ1n) is 10.3. The second kappa shape index (κ2) is 9.78. The van der Waals surface area contributed by atoms with E-state index in [2.05, 4.69) is 67.7 Å². The largest absolute Gasteiger partial charge is 0.487 e. The molecule has 0 bridgehead atoms. The molecular formula is C22H42O4Si2. The number of benzene rings is 1. The van der Waals surface area contributed by atoms with Crippen molar-refractivity contribution < 1.29 is 18.3 Å². The van der Waals surface area contributed by atoms with Gasteiger partial charge >= 0.3 is 0 Å². The lowest BCUT2D eigenvalue weighted by Gasteiger charge is -2.36. The van der Waals surface area contributed by atoms with Crippen LogP contribution in [0.15, 0.2) is 24.3 Å². The van der Waals surface area contributed by atoms with Gasteiger partial charge in [-0.2, -0.15) is 0 Å². The number of hydrogen-bond acceptors (Lipinski definition) is 4. The summed E-state index contributed by atoms with van der Waals surface area (Å²) in [7, 11) is -3.48. The first-order chi connectivity index (χ1) is 12.7. The van der Waals surface area contributed by atoms with Crippen LogP contribution in [0.25, 0.3) is 0 Å². The van der Waals surface area contributed by atoms with Gasteiger partial charge in [0.25, 0.3) is 0 Å². The maximum atomic E-state index is 6.18. The zero-order valence-electron chi connectivity index (χ0n) is 19.8. The van der Waals surface area contributed by atoms with Crippen molar-refractivity contribution in [2.75, 3.05) is 26.4 Å². The summed E-state index contributed by atoms with van der Waals surface area (Å²) in [6.45, 7) is 24.7. The average Bonchev–Trinajstić information content (AvgIpc) is 2.54. The molecule has 28 heavy (non-hydrogen) atoms. The van der Waals surface area contributed by atoms with E-state index in [1.807, 2.05) is 24.3 Å². The summed E-state index contributed by atoms with van der Waals surface area (Å²) in [6.07, 6.45) is 0. The van der Waals surface area contributed by atoms with Crippen molar-refractivity contribution in [3.63, 3.8) is 0 Å². The topological polar surface area (TPSA) is 36.9 Å². The van der Waals surface area contributed by atoms with E-state index < -0.39 is 16.6 Å². The third-order valence-electron chi connectivity index (χ3n) is 6.07. The van der Waals surface area contributed by atoms with Gasteiger partial charge in [-0.1, -0.05) is 53.7 Å². The smallest absolute Gasteiger partial charge is 0.192 e. The molecule has 0 N–H and O–H groups in total. The zero-order chi connectivity index (χ0) is 21.6. The Bertz CT molecular complexity index is 548. The summed E-state index contributed by atoms with van der Waals surface area (Å²) in [5.41, 5.74) is 0. The second-order valence-electron chi connectivity index (χ2n) is 10.4. The van der Waals surface area contributed by atoms with Crippen molar-refractivity contribution in [2.24, 2.45) is 0 Å². The Morgan fingerprint density at radius 3 is 1.21 bits per heavy atom. The fraction of sp³-hybridized carbons (Fsp3) is 0.727.